The van der Waals surface area contributed by atoms with Crippen LogP contribution in [0.3, 0.4) is 0 Å². The van der Waals surface area contributed by atoms with Gasteiger partial charge in [0.15, 0.2) is 0 Å². The van der Waals surface area contributed by atoms with Crippen LogP contribution in [-0.2, 0) is 4.79 Å². The third-order valence-electron chi connectivity index (χ3n) is 5.42. The molecule has 4 bridgehead atoms. The highest BCUT2D eigenvalue weighted by Gasteiger charge is 2.52. The molecule has 0 aromatic heterocycles. The van der Waals surface area contributed by atoms with Gasteiger partial charge in [-0.05, 0) is 61.7 Å². The predicted octanol–water partition coefficient (Wildman–Crippen LogP) is 3.88. The summed E-state index contributed by atoms with van der Waals surface area (Å²) in [5.41, 5.74) is 0.121. The largest absolute Gasteiger partial charge is 0.350 e. The molecular formula is C16H26BrNO. The van der Waals surface area contributed by atoms with E-state index in [4.69, 9.17) is 0 Å². The van der Waals surface area contributed by atoms with Gasteiger partial charge in [-0.25, -0.2) is 0 Å². The lowest BCUT2D eigenvalue weighted by Gasteiger charge is -2.57. The Morgan fingerprint density at radius 2 is 1.53 bits per heavy atom. The highest BCUT2D eigenvalue weighted by atomic mass is 79.9. The SMILES string of the molecule is CC(C)(C)C(Br)C(=O)NC12CC3CC(CC(C3)C1)C2. The van der Waals surface area contributed by atoms with E-state index in [0.29, 0.717) is 0 Å². The zero-order valence-electron chi connectivity index (χ0n) is 12.3. The second-order valence-corrected chi connectivity index (χ2v) is 9.33. The maximum Gasteiger partial charge on any atom is 0.234 e. The zero-order valence-corrected chi connectivity index (χ0v) is 13.9. The monoisotopic (exact) mass is 327 g/mol. The third kappa shape index (κ3) is 2.59. The van der Waals surface area contributed by atoms with Gasteiger partial charge in [-0.15, -0.1) is 0 Å². The van der Waals surface area contributed by atoms with Crippen LogP contribution in [0.15, 0.2) is 0 Å². The molecule has 0 aliphatic heterocycles. The number of rotatable bonds is 2. The first-order chi connectivity index (χ1) is 8.77. The number of hydrogen-bond acceptors (Lipinski definition) is 1. The van der Waals surface area contributed by atoms with Crippen molar-refractivity contribution in [2.75, 3.05) is 0 Å². The van der Waals surface area contributed by atoms with Crippen molar-refractivity contribution in [3.8, 4) is 0 Å². The van der Waals surface area contributed by atoms with E-state index in [-0.39, 0.29) is 21.7 Å². The molecule has 108 valence electrons. The molecule has 1 unspecified atom stereocenters. The van der Waals surface area contributed by atoms with E-state index >= 15 is 0 Å². The van der Waals surface area contributed by atoms with Crippen LogP contribution in [0.5, 0.6) is 0 Å². The summed E-state index contributed by atoms with van der Waals surface area (Å²) in [6, 6.07) is 0. The average Bonchev–Trinajstić information content (AvgIpc) is 2.23. The van der Waals surface area contributed by atoms with Gasteiger partial charge in [-0.1, -0.05) is 36.7 Å². The number of amides is 1. The van der Waals surface area contributed by atoms with Crippen molar-refractivity contribution >= 4 is 21.8 Å². The highest BCUT2D eigenvalue weighted by Crippen LogP contribution is 2.55. The number of carbonyl (C=O) groups is 1. The number of nitrogens with one attached hydrogen (secondary N) is 1. The van der Waals surface area contributed by atoms with Gasteiger partial charge in [0.1, 0.15) is 0 Å². The molecule has 0 spiro atoms. The normalized spacial score (nSPS) is 42.2. The summed E-state index contributed by atoms with van der Waals surface area (Å²) in [6.07, 6.45) is 7.96. The molecule has 19 heavy (non-hydrogen) atoms. The van der Waals surface area contributed by atoms with Crippen LogP contribution in [0.2, 0.25) is 0 Å². The number of hydrogen-bond donors (Lipinski definition) is 1. The molecule has 1 N–H and O–H groups in total. The summed E-state index contributed by atoms with van der Waals surface area (Å²) >= 11 is 3.59. The summed E-state index contributed by atoms with van der Waals surface area (Å²) in [5, 5.41) is 3.45. The fourth-order valence-corrected chi connectivity index (χ4v) is 5.10. The van der Waals surface area contributed by atoms with Gasteiger partial charge in [0, 0.05) is 5.54 Å². The first-order valence-corrected chi connectivity index (χ1v) is 8.65. The molecule has 0 aromatic carbocycles. The Labute approximate surface area is 125 Å². The minimum atomic E-state index is -0.0898. The lowest BCUT2D eigenvalue weighted by Crippen LogP contribution is -2.61. The van der Waals surface area contributed by atoms with Crippen molar-refractivity contribution in [1.82, 2.24) is 5.32 Å². The molecule has 0 aromatic rings. The van der Waals surface area contributed by atoms with Crippen LogP contribution in [0.4, 0.5) is 0 Å². The Morgan fingerprint density at radius 3 is 1.89 bits per heavy atom. The number of alkyl halides is 1. The zero-order chi connectivity index (χ0) is 13.8. The standard InChI is InChI=1S/C16H26BrNO/c1-15(2,3)13(17)14(19)18-16-7-10-4-11(8-16)6-12(5-10)9-16/h10-13H,4-9H2,1-3H3,(H,18,19). The summed E-state index contributed by atoms with van der Waals surface area (Å²) in [7, 11) is 0. The van der Waals surface area contributed by atoms with Crippen LogP contribution < -0.4 is 5.32 Å². The molecule has 3 heteroatoms. The Morgan fingerprint density at radius 1 is 1.11 bits per heavy atom. The van der Waals surface area contributed by atoms with E-state index in [1.165, 1.54) is 38.5 Å². The van der Waals surface area contributed by atoms with Crippen LogP contribution in [0.25, 0.3) is 0 Å². The van der Waals surface area contributed by atoms with Gasteiger partial charge < -0.3 is 5.32 Å². The summed E-state index contributed by atoms with van der Waals surface area (Å²) in [5.74, 6) is 2.86. The predicted molar refractivity (Wildman–Crippen MR) is 81.2 cm³/mol. The Bertz CT molecular complexity index is 349. The van der Waals surface area contributed by atoms with Gasteiger partial charge in [0.25, 0.3) is 0 Å². The summed E-state index contributed by atoms with van der Waals surface area (Å²) in [6.45, 7) is 6.35. The van der Waals surface area contributed by atoms with E-state index in [0.717, 1.165) is 17.8 Å². The fraction of sp³-hybridized carbons (Fsp3) is 0.938. The molecule has 1 atom stereocenters. The Hall–Kier alpha value is -0.0500. The molecule has 0 radical (unpaired) electrons. The molecule has 4 rings (SSSR count). The van der Waals surface area contributed by atoms with Gasteiger partial charge in [0.05, 0.1) is 4.83 Å². The summed E-state index contributed by atoms with van der Waals surface area (Å²) < 4.78 is 0. The van der Waals surface area contributed by atoms with Crippen molar-refractivity contribution in [3.05, 3.63) is 0 Å². The van der Waals surface area contributed by atoms with Crippen molar-refractivity contribution in [1.29, 1.82) is 0 Å². The quantitative estimate of drug-likeness (QED) is 0.766. The molecular weight excluding hydrogens is 302 g/mol. The van der Waals surface area contributed by atoms with Gasteiger partial charge >= 0.3 is 0 Å². The minimum absolute atomic E-state index is 0.0215. The van der Waals surface area contributed by atoms with Crippen LogP contribution >= 0.6 is 15.9 Å². The molecule has 4 aliphatic carbocycles. The van der Waals surface area contributed by atoms with E-state index in [1.807, 2.05) is 0 Å². The van der Waals surface area contributed by atoms with Gasteiger partial charge in [-0.3, -0.25) is 4.79 Å². The minimum Gasteiger partial charge on any atom is -0.350 e. The first-order valence-electron chi connectivity index (χ1n) is 7.73. The highest BCUT2D eigenvalue weighted by molar-refractivity contribution is 9.10. The van der Waals surface area contributed by atoms with Crippen LogP contribution in [-0.4, -0.2) is 16.3 Å². The van der Waals surface area contributed by atoms with Crippen LogP contribution in [0, 0.1) is 23.2 Å². The van der Waals surface area contributed by atoms with Crippen molar-refractivity contribution in [2.24, 2.45) is 23.2 Å². The van der Waals surface area contributed by atoms with Gasteiger partial charge in [0.2, 0.25) is 5.91 Å². The topological polar surface area (TPSA) is 29.1 Å². The third-order valence-corrected chi connectivity index (χ3v) is 7.21. The lowest BCUT2D eigenvalue weighted by atomic mass is 9.53. The van der Waals surface area contributed by atoms with Gasteiger partial charge in [-0.2, -0.15) is 0 Å². The maximum absolute atomic E-state index is 12.5. The smallest absolute Gasteiger partial charge is 0.234 e. The summed E-state index contributed by atoms with van der Waals surface area (Å²) in [4.78, 5) is 12.4. The molecule has 4 saturated carbocycles. The molecule has 0 saturated heterocycles. The van der Waals surface area contributed by atoms with E-state index in [9.17, 15) is 4.79 Å². The molecule has 2 nitrogen and oxygen atoms in total. The molecule has 4 fully saturated rings. The van der Waals surface area contributed by atoms with E-state index in [1.54, 1.807) is 0 Å². The molecule has 4 aliphatic rings. The van der Waals surface area contributed by atoms with Crippen molar-refractivity contribution in [2.45, 2.75) is 69.7 Å². The fourth-order valence-electron chi connectivity index (χ4n) is 4.98. The second-order valence-electron chi connectivity index (χ2n) is 8.42. The molecule has 1 amide bonds. The lowest BCUT2D eigenvalue weighted by molar-refractivity contribution is -0.127. The molecule has 0 heterocycles. The van der Waals surface area contributed by atoms with E-state index in [2.05, 4.69) is 42.0 Å². The Kier molecular flexibility index (Phi) is 3.28. The van der Waals surface area contributed by atoms with Crippen molar-refractivity contribution in [3.63, 3.8) is 0 Å². The maximum atomic E-state index is 12.5. The Balaban J connectivity index is 1.71. The van der Waals surface area contributed by atoms with Crippen LogP contribution in [0.1, 0.15) is 59.3 Å². The average molecular weight is 328 g/mol. The number of carbonyl (C=O) groups excluding carboxylic acids is 1. The van der Waals surface area contributed by atoms with Crippen molar-refractivity contribution < 1.29 is 4.79 Å². The number of halogens is 1. The second kappa shape index (κ2) is 4.47. The first kappa shape index (κ1) is 13.9. The van der Waals surface area contributed by atoms with E-state index < -0.39 is 0 Å².